The molecule has 3 aromatic carbocycles. The summed E-state index contributed by atoms with van der Waals surface area (Å²) in [5.41, 5.74) is 5.25. The molecule has 5 heteroatoms. The summed E-state index contributed by atoms with van der Waals surface area (Å²) in [5, 5.41) is 9.72. The van der Waals surface area contributed by atoms with Crippen LogP contribution in [0.3, 0.4) is 0 Å². The predicted molar refractivity (Wildman–Crippen MR) is 112 cm³/mol. The van der Waals surface area contributed by atoms with E-state index < -0.39 is 6.04 Å². The molecule has 0 spiro atoms. The zero-order valence-corrected chi connectivity index (χ0v) is 16.2. The van der Waals surface area contributed by atoms with E-state index in [2.05, 4.69) is 43.9 Å². The van der Waals surface area contributed by atoms with E-state index in [0.717, 1.165) is 26.8 Å². The normalized spacial score (nSPS) is 12.7. The quantitative estimate of drug-likeness (QED) is 0.462. The van der Waals surface area contributed by atoms with Gasteiger partial charge in [0.2, 0.25) is 0 Å². The number of hydrazone groups is 1. The first-order valence-electron chi connectivity index (χ1n) is 8.38. The van der Waals surface area contributed by atoms with Crippen LogP contribution in [0.1, 0.15) is 19.4 Å². The van der Waals surface area contributed by atoms with E-state index in [9.17, 15) is 4.79 Å². The molecule has 0 radical (unpaired) electrons. The van der Waals surface area contributed by atoms with E-state index in [1.165, 1.54) is 5.39 Å². The summed E-state index contributed by atoms with van der Waals surface area (Å²) in [6, 6.07) is 21.6. The van der Waals surface area contributed by atoms with Crippen LogP contribution in [0.25, 0.3) is 10.8 Å². The van der Waals surface area contributed by atoms with Gasteiger partial charge in [0, 0.05) is 10.2 Å². The third-order valence-corrected chi connectivity index (χ3v) is 4.65. The van der Waals surface area contributed by atoms with Crippen LogP contribution in [0.15, 0.2) is 76.3 Å². The average Bonchev–Trinajstić information content (AvgIpc) is 2.66. The summed E-state index contributed by atoms with van der Waals surface area (Å²) >= 11 is 3.40. The molecular formula is C21H20BrN3O. The fraction of sp³-hybridized carbons (Fsp3) is 0.143. The Morgan fingerprint density at radius 3 is 2.42 bits per heavy atom. The Morgan fingerprint density at radius 1 is 1.00 bits per heavy atom. The lowest BCUT2D eigenvalue weighted by molar-refractivity contribution is -0.121. The Hall–Kier alpha value is -2.66. The maximum absolute atomic E-state index is 12.3. The Labute approximate surface area is 161 Å². The SMILES string of the molecule is C/C(=N\NC(=O)C(C)Nc1ccc2ccccc2c1)c1ccc(Br)cc1. The van der Waals surface area contributed by atoms with Crippen LogP contribution in [-0.2, 0) is 4.79 Å². The minimum Gasteiger partial charge on any atom is -0.374 e. The zero-order valence-electron chi connectivity index (χ0n) is 14.7. The van der Waals surface area contributed by atoms with Gasteiger partial charge in [-0.25, -0.2) is 5.43 Å². The van der Waals surface area contributed by atoms with Crippen LogP contribution in [-0.4, -0.2) is 17.7 Å². The Morgan fingerprint density at radius 2 is 1.69 bits per heavy atom. The lowest BCUT2D eigenvalue weighted by Gasteiger charge is -2.14. The largest absolute Gasteiger partial charge is 0.374 e. The molecule has 2 N–H and O–H groups in total. The molecule has 1 atom stereocenters. The molecular weight excluding hydrogens is 390 g/mol. The van der Waals surface area contributed by atoms with Gasteiger partial charge >= 0.3 is 0 Å². The van der Waals surface area contributed by atoms with E-state index in [0.29, 0.717) is 0 Å². The van der Waals surface area contributed by atoms with E-state index in [4.69, 9.17) is 0 Å². The van der Waals surface area contributed by atoms with Crippen molar-refractivity contribution in [1.82, 2.24) is 5.43 Å². The number of hydrogen-bond donors (Lipinski definition) is 2. The first-order chi connectivity index (χ1) is 12.5. The number of rotatable bonds is 5. The van der Waals surface area contributed by atoms with Gasteiger partial charge in [-0.05, 0) is 54.4 Å². The van der Waals surface area contributed by atoms with Gasteiger partial charge in [-0.2, -0.15) is 5.10 Å². The lowest BCUT2D eigenvalue weighted by atomic mass is 10.1. The topological polar surface area (TPSA) is 53.5 Å². The van der Waals surface area contributed by atoms with Crippen molar-refractivity contribution in [3.05, 3.63) is 76.8 Å². The number of fused-ring (bicyclic) bond motifs is 1. The highest BCUT2D eigenvalue weighted by Crippen LogP contribution is 2.19. The smallest absolute Gasteiger partial charge is 0.262 e. The van der Waals surface area contributed by atoms with Crippen LogP contribution in [0.2, 0.25) is 0 Å². The first-order valence-corrected chi connectivity index (χ1v) is 9.17. The molecule has 0 saturated carbocycles. The fourth-order valence-electron chi connectivity index (χ4n) is 2.59. The molecule has 0 aromatic heterocycles. The number of nitrogens with one attached hydrogen (secondary N) is 2. The van der Waals surface area contributed by atoms with Crippen molar-refractivity contribution in [1.29, 1.82) is 0 Å². The van der Waals surface area contributed by atoms with Gasteiger partial charge in [-0.1, -0.05) is 58.4 Å². The molecule has 0 aliphatic rings. The number of halogens is 1. The molecule has 0 saturated heterocycles. The fourth-order valence-corrected chi connectivity index (χ4v) is 2.85. The van der Waals surface area contributed by atoms with Crippen LogP contribution in [0, 0.1) is 0 Å². The van der Waals surface area contributed by atoms with Crippen molar-refractivity contribution < 1.29 is 4.79 Å². The molecule has 0 aliphatic heterocycles. The number of benzene rings is 3. The monoisotopic (exact) mass is 409 g/mol. The third-order valence-electron chi connectivity index (χ3n) is 4.12. The average molecular weight is 410 g/mol. The number of amides is 1. The van der Waals surface area contributed by atoms with Crippen LogP contribution in [0.5, 0.6) is 0 Å². The predicted octanol–water partition coefficient (Wildman–Crippen LogP) is 4.94. The zero-order chi connectivity index (χ0) is 18.5. The summed E-state index contributed by atoms with van der Waals surface area (Å²) in [6.45, 7) is 3.68. The summed E-state index contributed by atoms with van der Waals surface area (Å²) in [5.74, 6) is -0.186. The Kier molecular flexibility index (Phi) is 5.68. The number of carbonyl (C=O) groups is 1. The molecule has 4 nitrogen and oxygen atoms in total. The highest BCUT2D eigenvalue weighted by atomic mass is 79.9. The number of hydrogen-bond acceptors (Lipinski definition) is 3. The van der Waals surface area contributed by atoms with Crippen molar-refractivity contribution in [2.24, 2.45) is 5.10 Å². The first kappa shape index (κ1) is 18.1. The van der Waals surface area contributed by atoms with Crippen LogP contribution < -0.4 is 10.7 Å². The molecule has 26 heavy (non-hydrogen) atoms. The Balaban J connectivity index is 1.63. The highest BCUT2D eigenvalue weighted by Gasteiger charge is 2.12. The molecule has 1 unspecified atom stereocenters. The van der Waals surface area contributed by atoms with Crippen molar-refractivity contribution in [3.8, 4) is 0 Å². The molecule has 132 valence electrons. The van der Waals surface area contributed by atoms with E-state index in [-0.39, 0.29) is 5.91 Å². The van der Waals surface area contributed by atoms with Crippen LogP contribution in [0.4, 0.5) is 5.69 Å². The number of nitrogens with zero attached hydrogens (tertiary/aromatic N) is 1. The number of carbonyl (C=O) groups excluding carboxylic acids is 1. The van der Waals surface area contributed by atoms with Gasteiger partial charge in [0.05, 0.1) is 5.71 Å². The molecule has 3 aromatic rings. The van der Waals surface area contributed by atoms with Gasteiger partial charge < -0.3 is 5.32 Å². The van der Waals surface area contributed by atoms with Crippen molar-refractivity contribution in [2.45, 2.75) is 19.9 Å². The van der Waals surface area contributed by atoms with Crippen molar-refractivity contribution in [2.75, 3.05) is 5.32 Å². The van der Waals surface area contributed by atoms with E-state index >= 15 is 0 Å². The minimum atomic E-state index is -0.405. The molecule has 0 fully saturated rings. The van der Waals surface area contributed by atoms with Crippen molar-refractivity contribution >= 4 is 44.0 Å². The molecule has 0 aliphatic carbocycles. The van der Waals surface area contributed by atoms with Gasteiger partial charge in [-0.3, -0.25) is 4.79 Å². The number of anilines is 1. The van der Waals surface area contributed by atoms with Gasteiger partial charge in [0.25, 0.3) is 5.91 Å². The maximum atomic E-state index is 12.3. The molecule has 1 amide bonds. The summed E-state index contributed by atoms with van der Waals surface area (Å²) in [7, 11) is 0. The lowest BCUT2D eigenvalue weighted by Crippen LogP contribution is -2.35. The standard InChI is InChI=1S/C21H20BrN3O/c1-14(16-7-10-19(22)11-8-16)24-25-21(26)15(2)23-20-12-9-17-5-3-4-6-18(17)13-20/h3-13,15,23H,1-2H3,(H,25,26)/b24-14+. The summed E-state index contributed by atoms with van der Waals surface area (Å²) in [6.07, 6.45) is 0. The van der Waals surface area contributed by atoms with E-state index in [1.807, 2.05) is 68.4 Å². The Bertz CT molecular complexity index is 951. The summed E-state index contributed by atoms with van der Waals surface area (Å²) < 4.78 is 1.01. The minimum absolute atomic E-state index is 0.186. The van der Waals surface area contributed by atoms with Crippen molar-refractivity contribution in [3.63, 3.8) is 0 Å². The second-order valence-corrected chi connectivity index (χ2v) is 7.02. The summed E-state index contributed by atoms with van der Waals surface area (Å²) in [4.78, 5) is 12.3. The second kappa shape index (κ2) is 8.15. The van der Waals surface area contributed by atoms with Crippen LogP contribution >= 0.6 is 15.9 Å². The van der Waals surface area contributed by atoms with Gasteiger partial charge in [-0.15, -0.1) is 0 Å². The van der Waals surface area contributed by atoms with E-state index in [1.54, 1.807) is 0 Å². The molecule has 0 heterocycles. The van der Waals surface area contributed by atoms with Gasteiger partial charge in [0.1, 0.15) is 6.04 Å². The maximum Gasteiger partial charge on any atom is 0.262 e. The molecule has 0 bridgehead atoms. The van der Waals surface area contributed by atoms with Gasteiger partial charge in [0.15, 0.2) is 0 Å². The second-order valence-electron chi connectivity index (χ2n) is 6.11. The highest BCUT2D eigenvalue weighted by molar-refractivity contribution is 9.10. The third kappa shape index (κ3) is 4.49. The molecule has 3 rings (SSSR count).